The Labute approximate surface area is 122 Å². The van der Waals surface area contributed by atoms with Gasteiger partial charge in [-0.1, -0.05) is 86.7 Å². The van der Waals surface area contributed by atoms with Crippen molar-refractivity contribution in [1.82, 2.24) is 0 Å². The average molecular weight is 262 g/mol. The summed E-state index contributed by atoms with van der Waals surface area (Å²) < 4.78 is 0. The molecule has 0 saturated heterocycles. The highest BCUT2D eigenvalue weighted by atomic mass is 14.1. The first-order valence-corrected chi connectivity index (χ1v) is 7.46. The van der Waals surface area contributed by atoms with Gasteiger partial charge in [0.2, 0.25) is 0 Å². The van der Waals surface area contributed by atoms with Crippen molar-refractivity contribution in [3.05, 3.63) is 78.4 Å². The number of hydrogen-bond donors (Lipinski definition) is 0. The van der Waals surface area contributed by atoms with Crippen LogP contribution in [0.5, 0.6) is 0 Å². The molecule has 0 fully saturated rings. The second-order valence-electron chi connectivity index (χ2n) is 4.57. The molecule has 0 aliphatic heterocycles. The van der Waals surface area contributed by atoms with Crippen molar-refractivity contribution in [3.8, 4) is 11.1 Å². The first-order chi connectivity index (χ1) is 9.95. The van der Waals surface area contributed by atoms with Crippen molar-refractivity contribution >= 4 is 5.57 Å². The van der Waals surface area contributed by atoms with E-state index in [2.05, 4.69) is 72.8 Å². The van der Waals surface area contributed by atoms with Crippen LogP contribution in [0, 0.1) is 0 Å². The second kappa shape index (κ2) is 7.49. The van der Waals surface area contributed by atoms with Crippen LogP contribution in [0.15, 0.2) is 72.8 Å². The van der Waals surface area contributed by atoms with E-state index >= 15 is 0 Å². The standard InChI is InChI=1S/C18H16.C2H6/c1-3-9-15(10-4-1)17-13-7-8-14-18(17)16-11-5-2-6-12-16;1-2/h1-5,7-11,13-14H,6,12H2;1-2H3. The van der Waals surface area contributed by atoms with E-state index in [1.54, 1.807) is 0 Å². The van der Waals surface area contributed by atoms with Crippen LogP contribution in [-0.2, 0) is 0 Å². The van der Waals surface area contributed by atoms with Gasteiger partial charge in [0.25, 0.3) is 0 Å². The predicted octanol–water partition coefficient (Wildman–Crippen LogP) is 6.11. The molecule has 1 aliphatic rings. The summed E-state index contributed by atoms with van der Waals surface area (Å²) in [6.07, 6.45) is 8.93. The van der Waals surface area contributed by atoms with Crippen molar-refractivity contribution < 1.29 is 0 Å². The van der Waals surface area contributed by atoms with Gasteiger partial charge in [-0.25, -0.2) is 0 Å². The lowest BCUT2D eigenvalue weighted by Crippen LogP contribution is -1.91. The van der Waals surface area contributed by atoms with Gasteiger partial charge in [0.15, 0.2) is 0 Å². The highest BCUT2D eigenvalue weighted by molar-refractivity contribution is 5.82. The SMILES string of the molecule is C1=CCCC(c2ccccc2-c2ccccc2)=C1.CC. The molecule has 2 aromatic carbocycles. The maximum atomic E-state index is 2.24. The summed E-state index contributed by atoms with van der Waals surface area (Å²) >= 11 is 0. The zero-order chi connectivity index (χ0) is 14.2. The van der Waals surface area contributed by atoms with E-state index in [9.17, 15) is 0 Å². The minimum absolute atomic E-state index is 1.14. The molecule has 0 bridgehead atoms. The van der Waals surface area contributed by atoms with E-state index in [1.165, 1.54) is 22.3 Å². The molecule has 0 aromatic heterocycles. The molecule has 0 amide bonds. The van der Waals surface area contributed by atoms with Crippen LogP contribution in [0.3, 0.4) is 0 Å². The molecule has 0 heteroatoms. The van der Waals surface area contributed by atoms with Gasteiger partial charge in [0, 0.05) is 0 Å². The number of hydrogen-bond acceptors (Lipinski definition) is 0. The molecule has 3 rings (SSSR count). The summed E-state index contributed by atoms with van der Waals surface area (Å²) in [5.41, 5.74) is 5.44. The molecule has 20 heavy (non-hydrogen) atoms. The Bertz CT molecular complexity index is 588. The van der Waals surface area contributed by atoms with Crippen LogP contribution >= 0.6 is 0 Å². The Hall–Kier alpha value is -2.08. The molecular weight excluding hydrogens is 240 g/mol. The number of benzene rings is 2. The molecular formula is C20H22. The fraction of sp³-hybridized carbons (Fsp3) is 0.200. The largest absolute Gasteiger partial charge is 0.0842 e. The van der Waals surface area contributed by atoms with Crippen LogP contribution < -0.4 is 0 Å². The fourth-order valence-electron chi connectivity index (χ4n) is 2.46. The predicted molar refractivity (Wildman–Crippen MR) is 89.6 cm³/mol. The van der Waals surface area contributed by atoms with E-state index in [-0.39, 0.29) is 0 Å². The van der Waals surface area contributed by atoms with E-state index in [0.29, 0.717) is 0 Å². The third-order valence-electron chi connectivity index (χ3n) is 3.37. The summed E-state index contributed by atoms with van der Waals surface area (Å²) in [5.74, 6) is 0. The summed E-state index contributed by atoms with van der Waals surface area (Å²) in [6.45, 7) is 4.00. The molecule has 0 unspecified atom stereocenters. The maximum absolute atomic E-state index is 2.24. The normalized spacial score (nSPS) is 13.2. The van der Waals surface area contributed by atoms with Crippen LogP contribution in [0.4, 0.5) is 0 Å². The van der Waals surface area contributed by atoms with Gasteiger partial charge in [0.05, 0.1) is 0 Å². The van der Waals surface area contributed by atoms with Gasteiger partial charge in [-0.3, -0.25) is 0 Å². The molecule has 0 atom stereocenters. The van der Waals surface area contributed by atoms with Gasteiger partial charge in [-0.05, 0) is 35.1 Å². The molecule has 0 nitrogen and oxygen atoms in total. The van der Waals surface area contributed by atoms with Crippen molar-refractivity contribution in [1.29, 1.82) is 0 Å². The highest BCUT2D eigenvalue weighted by Gasteiger charge is 2.09. The van der Waals surface area contributed by atoms with E-state index in [4.69, 9.17) is 0 Å². The van der Waals surface area contributed by atoms with E-state index in [1.807, 2.05) is 13.8 Å². The Kier molecular flexibility index (Phi) is 5.37. The quantitative estimate of drug-likeness (QED) is 0.612. The Balaban J connectivity index is 0.000000704. The smallest absolute Gasteiger partial charge is 0.0109 e. The van der Waals surface area contributed by atoms with Crippen molar-refractivity contribution in [2.45, 2.75) is 26.7 Å². The molecule has 0 heterocycles. The molecule has 0 saturated carbocycles. The fourth-order valence-corrected chi connectivity index (χ4v) is 2.46. The molecule has 1 aliphatic carbocycles. The first kappa shape index (κ1) is 14.3. The van der Waals surface area contributed by atoms with Crippen molar-refractivity contribution in [3.63, 3.8) is 0 Å². The number of allylic oxidation sites excluding steroid dienone is 4. The minimum Gasteiger partial charge on any atom is -0.0842 e. The van der Waals surface area contributed by atoms with Crippen molar-refractivity contribution in [2.24, 2.45) is 0 Å². The van der Waals surface area contributed by atoms with Gasteiger partial charge >= 0.3 is 0 Å². The van der Waals surface area contributed by atoms with Crippen LogP contribution in [0.25, 0.3) is 16.7 Å². The molecule has 2 aromatic rings. The molecule has 0 radical (unpaired) electrons. The van der Waals surface area contributed by atoms with Gasteiger partial charge in [-0.2, -0.15) is 0 Å². The molecule has 0 spiro atoms. The Morgan fingerprint density at radius 1 is 0.750 bits per heavy atom. The van der Waals surface area contributed by atoms with Crippen molar-refractivity contribution in [2.75, 3.05) is 0 Å². The van der Waals surface area contributed by atoms with Gasteiger partial charge in [0.1, 0.15) is 0 Å². The summed E-state index contributed by atoms with van der Waals surface area (Å²) in [6, 6.07) is 19.3. The summed E-state index contributed by atoms with van der Waals surface area (Å²) in [5, 5.41) is 0. The first-order valence-electron chi connectivity index (χ1n) is 7.46. The zero-order valence-electron chi connectivity index (χ0n) is 12.3. The lowest BCUT2D eigenvalue weighted by molar-refractivity contribution is 1.05. The monoisotopic (exact) mass is 262 g/mol. The second-order valence-corrected chi connectivity index (χ2v) is 4.57. The third-order valence-corrected chi connectivity index (χ3v) is 3.37. The number of rotatable bonds is 2. The van der Waals surface area contributed by atoms with Crippen LogP contribution in [-0.4, -0.2) is 0 Å². The lowest BCUT2D eigenvalue weighted by atomic mass is 9.90. The third kappa shape index (κ3) is 3.27. The van der Waals surface area contributed by atoms with Crippen LogP contribution in [0.2, 0.25) is 0 Å². The molecule has 0 N–H and O–H groups in total. The van der Waals surface area contributed by atoms with Crippen LogP contribution in [0.1, 0.15) is 32.3 Å². The minimum atomic E-state index is 1.14. The average Bonchev–Trinajstić information content (AvgIpc) is 2.58. The zero-order valence-corrected chi connectivity index (χ0v) is 12.3. The van der Waals surface area contributed by atoms with E-state index in [0.717, 1.165) is 12.8 Å². The summed E-state index contributed by atoms with van der Waals surface area (Å²) in [4.78, 5) is 0. The highest BCUT2D eigenvalue weighted by Crippen LogP contribution is 2.32. The Morgan fingerprint density at radius 2 is 1.40 bits per heavy atom. The van der Waals surface area contributed by atoms with Gasteiger partial charge in [-0.15, -0.1) is 0 Å². The maximum Gasteiger partial charge on any atom is -0.0109 e. The topological polar surface area (TPSA) is 0 Å². The molecule has 102 valence electrons. The summed E-state index contributed by atoms with van der Waals surface area (Å²) in [7, 11) is 0. The van der Waals surface area contributed by atoms with E-state index < -0.39 is 0 Å². The lowest BCUT2D eigenvalue weighted by Gasteiger charge is -2.14. The van der Waals surface area contributed by atoms with Gasteiger partial charge < -0.3 is 0 Å². The Morgan fingerprint density at radius 3 is 2.05 bits per heavy atom.